The van der Waals surface area contributed by atoms with E-state index in [1.54, 1.807) is 0 Å². The predicted octanol–water partition coefficient (Wildman–Crippen LogP) is 7.52. The second-order valence-corrected chi connectivity index (χ2v) is 9.79. The summed E-state index contributed by atoms with van der Waals surface area (Å²) in [5.41, 5.74) is 9.93. The van der Waals surface area contributed by atoms with Crippen molar-refractivity contribution >= 4 is 32.6 Å². The average molecular weight is 468 g/mol. The number of benzene rings is 3. The van der Waals surface area contributed by atoms with Gasteiger partial charge in [0.25, 0.3) is 0 Å². The maximum atomic E-state index is 4.95. The van der Waals surface area contributed by atoms with E-state index >= 15 is 0 Å². The van der Waals surface area contributed by atoms with Crippen molar-refractivity contribution in [1.29, 1.82) is 0 Å². The molecule has 3 aromatic heterocycles. The number of aromatic nitrogens is 3. The van der Waals surface area contributed by atoms with E-state index in [1.807, 2.05) is 24.7 Å². The Kier molecular flexibility index (Phi) is 5.90. The molecule has 0 radical (unpaired) electrons. The smallest absolute Gasteiger partial charge is 0.0707 e. The van der Waals surface area contributed by atoms with E-state index in [0.29, 0.717) is 0 Å². The van der Waals surface area contributed by atoms with Crippen molar-refractivity contribution in [2.75, 3.05) is 0 Å². The highest BCUT2D eigenvalue weighted by molar-refractivity contribution is 5.86. The van der Waals surface area contributed by atoms with Crippen LogP contribution in [0.4, 0.5) is 0 Å². The summed E-state index contributed by atoms with van der Waals surface area (Å²) < 4.78 is 0. The summed E-state index contributed by atoms with van der Waals surface area (Å²) in [5, 5.41) is 4.99. The number of para-hydroxylation sites is 1. The van der Waals surface area contributed by atoms with Crippen LogP contribution >= 0.6 is 0 Å². The summed E-state index contributed by atoms with van der Waals surface area (Å²) in [6, 6.07) is 26.2. The lowest BCUT2D eigenvalue weighted by molar-refractivity contribution is 0.915. The summed E-state index contributed by atoms with van der Waals surface area (Å²) in [6.45, 7) is 4.34. The maximum Gasteiger partial charge on any atom is 0.0707 e. The van der Waals surface area contributed by atoms with Gasteiger partial charge >= 0.3 is 0 Å². The molecule has 0 bridgehead atoms. The van der Waals surface area contributed by atoms with Gasteiger partial charge in [0.05, 0.1) is 11.0 Å². The van der Waals surface area contributed by atoms with Crippen LogP contribution in [0.3, 0.4) is 0 Å². The third-order valence-electron chi connectivity index (χ3n) is 7.16. The van der Waals surface area contributed by atoms with Crippen molar-refractivity contribution in [3.63, 3.8) is 0 Å². The molecule has 3 aromatic carbocycles. The van der Waals surface area contributed by atoms with Gasteiger partial charge in [-0.25, -0.2) is 0 Å². The summed E-state index contributed by atoms with van der Waals surface area (Å²) >= 11 is 0. The standard InChI is InChI=1S/C33H29N3/c1-22-16-25(30-13-15-34-21-27(30)17-22)10-9-24-19-26(31-7-5-14-35-33(31)20-24)11-12-28-18-23(2)29-6-3-4-8-32(29)36-28/h3-8,13-21H,9-12H2,1-2H3. The van der Waals surface area contributed by atoms with Gasteiger partial charge in [0.2, 0.25) is 0 Å². The lowest BCUT2D eigenvalue weighted by Crippen LogP contribution is -2.00. The van der Waals surface area contributed by atoms with Crippen molar-refractivity contribution in [3.8, 4) is 0 Å². The minimum absolute atomic E-state index is 0.911. The van der Waals surface area contributed by atoms with Crippen molar-refractivity contribution in [2.24, 2.45) is 0 Å². The van der Waals surface area contributed by atoms with Gasteiger partial charge in [-0.3, -0.25) is 15.0 Å². The van der Waals surface area contributed by atoms with Crippen molar-refractivity contribution in [3.05, 3.63) is 125 Å². The summed E-state index contributed by atoms with van der Waals surface area (Å²) in [7, 11) is 0. The molecule has 0 saturated carbocycles. The van der Waals surface area contributed by atoms with Gasteiger partial charge in [-0.15, -0.1) is 0 Å². The van der Waals surface area contributed by atoms with Crippen LogP contribution in [0.5, 0.6) is 0 Å². The molecule has 36 heavy (non-hydrogen) atoms. The Morgan fingerprint density at radius 1 is 0.639 bits per heavy atom. The Morgan fingerprint density at radius 3 is 2.42 bits per heavy atom. The van der Waals surface area contributed by atoms with E-state index < -0.39 is 0 Å². The van der Waals surface area contributed by atoms with Gasteiger partial charge in [0.15, 0.2) is 0 Å². The van der Waals surface area contributed by atoms with Crippen LogP contribution in [0.25, 0.3) is 32.6 Å². The molecule has 6 aromatic rings. The quantitative estimate of drug-likeness (QED) is 0.254. The van der Waals surface area contributed by atoms with Crippen LogP contribution in [0, 0.1) is 13.8 Å². The molecule has 3 heterocycles. The maximum absolute atomic E-state index is 4.95. The Hall–Kier alpha value is -4.11. The van der Waals surface area contributed by atoms with Crippen molar-refractivity contribution in [2.45, 2.75) is 39.5 Å². The first-order chi connectivity index (χ1) is 17.6. The fourth-order valence-electron chi connectivity index (χ4n) is 5.42. The number of rotatable bonds is 6. The van der Waals surface area contributed by atoms with E-state index in [-0.39, 0.29) is 0 Å². The van der Waals surface area contributed by atoms with Crippen LogP contribution in [-0.2, 0) is 25.7 Å². The topological polar surface area (TPSA) is 38.7 Å². The molecule has 0 aliphatic carbocycles. The van der Waals surface area contributed by atoms with E-state index in [2.05, 4.69) is 85.6 Å². The Bertz CT molecular complexity index is 1720. The zero-order chi connectivity index (χ0) is 24.5. The highest BCUT2D eigenvalue weighted by atomic mass is 14.7. The third-order valence-corrected chi connectivity index (χ3v) is 7.16. The number of hydrogen-bond acceptors (Lipinski definition) is 3. The van der Waals surface area contributed by atoms with Crippen LogP contribution in [0.1, 0.15) is 33.5 Å². The van der Waals surface area contributed by atoms with Gasteiger partial charge < -0.3 is 0 Å². The second-order valence-electron chi connectivity index (χ2n) is 9.79. The van der Waals surface area contributed by atoms with Gasteiger partial charge in [-0.1, -0.05) is 42.0 Å². The Balaban J connectivity index is 1.29. The minimum atomic E-state index is 0.911. The molecular weight excluding hydrogens is 438 g/mol. The van der Waals surface area contributed by atoms with Crippen LogP contribution in [0.15, 0.2) is 91.4 Å². The first-order valence-corrected chi connectivity index (χ1v) is 12.7. The van der Waals surface area contributed by atoms with Crippen molar-refractivity contribution in [1.82, 2.24) is 15.0 Å². The molecule has 176 valence electrons. The lowest BCUT2D eigenvalue weighted by atomic mass is 9.94. The van der Waals surface area contributed by atoms with Gasteiger partial charge in [-0.2, -0.15) is 0 Å². The summed E-state index contributed by atoms with van der Waals surface area (Å²) in [6.07, 6.45) is 9.58. The number of fused-ring (bicyclic) bond motifs is 3. The number of hydrogen-bond donors (Lipinski definition) is 0. The van der Waals surface area contributed by atoms with Crippen molar-refractivity contribution < 1.29 is 0 Å². The molecule has 0 fully saturated rings. The third kappa shape index (κ3) is 4.45. The Morgan fingerprint density at radius 2 is 1.47 bits per heavy atom. The zero-order valence-electron chi connectivity index (χ0n) is 20.8. The number of aryl methyl sites for hydroxylation is 6. The molecule has 6 rings (SSSR count). The fraction of sp³-hybridized carbons (Fsp3) is 0.182. The van der Waals surface area contributed by atoms with Gasteiger partial charge in [0.1, 0.15) is 0 Å². The zero-order valence-corrected chi connectivity index (χ0v) is 20.8. The summed E-state index contributed by atoms with van der Waals surface area (Å²) in [4.78, 5) is 14.0. The molecule has 0 atom stereocenters. The minimum Gasteiger partial charge on any atom is -0.264 e. The largest absolute Gasteiger partial charge is 0.264 e. The SMILES string of the molecule is Cc1cc(CCc2cc(CCc3cc(C)c4ccccc4n3)c3cccnc3c2)c2ccncc2c1. The van der Waals surface area contributed by atoms with Crippen LogP contribution in [0.2, 0.25) is 0 Å². The summed E-state index contributed by atoms with van der Waals surface area (Å²) in [5.74, 6) is 0. The Labute approximate surface area is 211 Å². The van der Waals surface area contributed by atoms with Crippen LogP contribution in [-0.4, -0.2) is 15.0 Å². The first-order valence-electron chi connectivity index (χ1n) is 12.7. The molecule has 0 amide bonds. The lowest BCUT2D eigenvalue weighted by Gasteiger charge is -2.12. The monoisotopic (exact) mass is 467 g/mol. The molecule has 3 heteroatoms. The first kappa shape index (κ1) is 22.4. The van der Waals surface area contributed by atoms with E-state index in [0.717, 1.165) is 42.4 Å². The normalized spacial score (nSPS) is 11.5. The predicted molar refractivity (Wildman–Crippen MR) is 150 cm³/mol. The number of nitrogens with zero attached hydrogens (tertiary/aromatic N) is 3. The van der Waals surface area contributed by atoms with E-state index in [9.17, 15) is 0 Å². The molecule has 0 aliphatic rings. The molecule has 0 saturated heterocycles. The molecule has 3 nitrogen and oxygen atoms in total. The second kappa shape index (κ2) is 9.50. The fourth-order valence-corrected chi connectivity index (χ4v) is 5.42. The van der Waals surface area contributed by atoms with E-state index in [4.69, 9.17) is 9.97 Å². The average Bonchev–Trinajstić information content (AvgIpc) is 2.90. The van der Waals surface area contributed by atoms with Gasteiger partial charge in [-0.05, 0) is 104 Å². The molecule has 0 unspecified atom stereocenters. The van der Waals surface area contributed by atoms with Gasteiger partial charge in [0, 0.05) is 40.4 Å². The molecule has 0 aliphatic heterocycles. The van der Waals surface area contributed by atoms with Crippen LogP contribution < -0.4 is 0 Å². The molecule has 0 N–H and O–H groups in total. The van der Waals surface area contributed by atoms with E-state index in [1.165, 1.54) is 49.4 Å². The highest BCUT2D eigenvalue weighted by Gasteiger charge is 2.10. The molecule has 0 spiro atoms. The number of pyridine rings is 3. The molecular formula is C33H29N3. The highest BCUT2D eigenvalue weighted by Crippen LogP contribution is 2.26.